The number of nitrogens with one attached hydrogen (secondary N) is 1. The standard InChI is InChI=1S/C14H17BrN4/c1-16-12(13-14(15)17-18-19(13)2)11-8-10(11)9-6-4-3-5-7-9/h3-7,10-12,16H,8H2,1-2H3. The van der Waals surface area contributed by atoms with Crippen LogP contribution in [0.25, 0.3) is 0 Å². The minimum Gasteiger partial charge on any atom is -0.311 e. The molecule has 0 bridgehead atoms. The van der Waals surface area contributed by atoms with Crippen molar-refractivity contribution in [2.75, 3.05) is 7.05 Å². The third kappa shape index (κ3) is 2.32. The lowest BCUT2D eigenvalue weighted by molar-refractivity contribution is 0.477. The van der Waals surface area contributed by atoms with E-state index in [1.165, 1.54) is 12.0 Å². The summed E-state index contributed by atoms with van der Waals surface area (Å²) in [7, 11) is 3.95. The molecule has 1 aliphatic carbocycles. The predicted octanol–water partition coefficient (Wildman–Crippen LogP) is 2.64. The monoisotopic (exact) mass is 320 g/mol. The zero-order valence-corrected chi connectivity index (χ0v) is 12.6. The molecule has 0 aliphatic heterocycles. The number of aryl methyl sites for hydroxylation is 1. The predicted molar refractivity (Wildman–Crippen MR) is 77.8 cm³/mol. The number of hydrogen-bond acceptors (Lipinski definition) is 3. The van der Waals surface area contributed by atoms with Crippen LogP contribution in [-0.4, -0.2) is 22.0 Å². The fraction of sp³-hybridized carbons (Fsp3) is 0.429. The third-order valence-corrected chi connectivity index (χ3v) is 4.49. The molecule has 0 radical (unpaired) electrons. The van der Waals surface area contributed by atoms with Crippen LogP contribution < -0.4 is 5.32 Å². The molecule has 3 rings (SSSR count). The molecule has 1 heterocycles. The second-order valence-electron chi connectivity index (χ2n) is 5.07. The second-order valence-corrected chi connectivity index (χ2v) is 5.82. The molecule has 2 aromatic rings. The minimum atomic E-state index is 0.291. The van der Waals surface area contributed by atoms with Gasteiger partial charge in [-0.1, -0.05) is 35.5 Å². The van der Waals surface area contributed by atoms with E-state index in [2.05, 4.69) is 61.9 Å². The number of aromatic nitrogens is 3. The molecule has 100 valence electrons. The molecule has 0 spiro atoms. The first-order valence-electron chi connectivity index (χ1n) is 6.49. The Morgan fingerprint density at radius 3 is 2.68 bits per heavy atom. The largest absolute Gasteiger partial charge is 0.311 e. The van der Waals surface area contributed by atoms with Gasteiger partial charge in [0, 0.05) is 7.05 Å². The first-order valence-corrected chi connectivity index (χ1v) is 7.29. The molecule has 5 heteroatoms. The number of benzene rings is 1. The van der Waals surface area contributed by atoms with E-state index in [1.807, 2.05) is 18.8 Å². The van der Waals surface area contributed by atoms with E-state index >= 15 is 0 Å². The summed E-state index contributed by atoms with van der Waals surface area (Å²) in [4.78, 5) is 0. The van der Waals surface area contributed by atoms with Gasteiger partial charge in [0.05, 0.1) is 11.7 Å². The van der Waals surface area contributed by atoms with Crippen molar-refractivity contribution in [1.82, 2.24) is 20.3 Å². The van der Waals surface area contributed by atoms with Crippen molar-refractivity contribution in [1.29, 1.82) is 0 Å². The van der Waals surface area contributed by atoms with E-state index in [0.29, 0.717) is 17.9 Å². The van der Waals surface area contributed by atoms with Crippen LogP contribution in [0.5, 0.6) is 0 Å². The molecular formula is C14H17BrN4. The van der Waals surface area contributed by atoms with Gasteiger partial charge in [0.1, 0.15) is 0 Å². The van der Waals surface area contributed by atoms with E-state index < -0.39 is 0 Å². The maximum Gasteiger partial charge on any atom is 0.153 e. The second kappa shape index (κ2) is 5.06. The molecular weight excluding hydrogens is 304 g/mol. The maximum atomic E-state index is 4.08. The third-order valence-electron chi connectivity index (χ3n) is 3.93. The van der Waals surface area contributed by atoms with E-state index in [-0.39, 0.29) is 0 Å². The van der Waals surface area contributed by atoms with Crippen molar-refractivity contribution in [3.05, 3.63) is 46.2 Å². The molecule has 0 saturated heterocycles. The summed E-state index contributed by atoms with van der Waals surface area (Å²) >= 11 is 3.50. The number of halogens is 1. The van der Waals surface area contributed by atoms with Gasteiger partial charge in [-0.2, -0.15) is 0 Å². The zero-order valence-electron chi connectivity index (χ0n) is 11.0. The van der Waals surface area contributed by atoms with Gasteiger partial charge in [0.25, 0.3) is 0 Å². The molecule has 3 atom stereocenters. The van der Waals surface area contributed by atoms with Crippen molar-refractivity contribution in [3.8, 4) is 0 Å². The molecule has 19 heavy (non-hydrogen) atoms. The van der Waals surface area contributed by atoms with E-state index in [1.54, 1.807) is 0 Å². The number of nitrogens with zero attached hydrogens (tertiary/aromatic N) is 3. The highest BCUT2D eigenvalue weighted by Crippen LogP contribution is 2.54. The summed E-state index contributed by atoms with van der Waals surface area (Å²) in [5.74, 6) is 1.25. The fourth-order valence-electron chi connectivity index (χ4n) is 2.89. The Balaban J connectivity index is 1.83. The van der Waals surface area contributed by atoms with Crippen LogP contribution in [0.2, 0.25) is 0 Å². The van der Waals surface area contributed by atoms with Crippen molar-refractivity contribution in [3.63, 3.8) is 0 Å². The maximum absolute atomic E-state index is 4.08. The Bertz CT molecular complexity index is 547. The molecule has 1 fully saturated rings. The van der Waals surface area contributed by atoms with Crippen molar-refractivity contribution < 1.29 is 0 Å². The zero-order chi connectivity index (χ0) is 13.4. The van der Waals surface area contributed by atoms with Crippen LogP contribution in [0.1, 0.15) is 29.6 Å². The summed E-state index contributed by atoms with van der Waals surface area (Å²) < 4.78 is 2.69. The Labute approximate surface area is 121 Å². The SMILES string of the molecule is CNC(c1c(Br)nnn1C)C1CC1c1ccccc1. The van der Waals surface area contributed by atoms with Gasteiger partial charge in [0.15, 0.2) is 4.60 Å². The van der Waals surface area contributed by atoms with Gasteiger partial charge >= 0.3 is 0 Å². The van der Waals surface area contributed by atoms with Crippen LogP contribution in [0.3, 0.4) is 0 Å². The molecule has 1 aromatic carbocycles. The molecule has 3 unspecified atom stereocenters. The molecule has 1 N–H and O–H groups in total. The first kappa shape index (κ1) is 12.8. The fourth-order valence-corrected chi connectivity index (χ4v) is 3.46. The van der Waals surface area contributed by atoms with Crippen LogP contribution in [-0.2, 0) is 7.05 Å². The normalized spacial score (nSPS) is 23.3. The van der Waals surface area contributed by atoms with Crippen molar-refractivity contribution >= 4 is 15.9 Å². The van der Waals surface area contributed by atoms with Crippen LogP contribution in [0, 0.1) is 5.92 Å². The van der Waals surface area contributed by atoms with E-state index in [9.17, 15) is 0 Å². The highest BCUT2D eigenvalue weighted by Gasteiger charge is 2.45. The van der Waals surface area contributed by atoms with Crippen molar-refractivity contribution in [2.45, 2.75) is 18.4 Å². The van der Waals surface area contributed by atoms with E-state index in [4.69, 9.17) is 0 Å². The lowest BCUT2D eigenvalue weighted by atomic mass is 10.0. The van der Waals surface area contributed by atoms with Gasteiger partial charge in [-0.25, -0.2) is 4.68 Å². The number of rotatable bonds is 4. The summed E-state index contributed by atoms with van der Waals surface area (Å²) in [6, 6.07) is 11.0. The van der Waals surface area contributed by atoms with Crippen LogP contribution in [0.4, 0.5) is 0 Å². The summed E-state index contributed by atoms with van der Waals surface area (Å²) in [5, 5.41) is 11.6. The van der Waals surface area contributed by atoms with Crippen molar-refractivity contribution in [2.24, 2.45) is 13.0 Å². The summed E-state index contributed by atoms with van der Waals surface area (Å²) in [5.41, 5.74) is 2.56. The summed E-state index contributed by atoms with van der Waals surface area (Å²) in [6.45, 7) is 0. The average Bonchev–Trinajstić information content (AvgIpc) is 3.16. The number of hydrogen-bond donors (Lipinski definition) is 1. The Hall–Kier alpha value is -1.20. The average molecular weight is 321 g/mol. The molecule has 4 nitrogen and oxygen atoms in total. The Morgan fingerprint density at radius 1 is 1.37 bits per heavy atom. The summed E-state index contributed by atoms with van der Waals surface area (Å²) in [6.07, 6.45) is 1.22. The lowest BCUT2D eigenvalue weighted by Gasteiger charge is -2.16. The highest BCUT2D eigenvalue weighted by molar-refractivity contribution is 9.10. The van der Waals surface area contributed by atoms with Gasteiger partial charge < -0.3 is 5.32 Å². The first-order chi connectivity index (χ1) is 9.22. The Morgan fingerprint density at radius 2 is 2.11 bits per heavy atom. The quantitative estimate of drug-likeness (QED) is 0.941. The lowest BCUT2D eigenvalue weighted by Crippen LogP contribution is -2.22. The van der Waals surface area contributed by atoms with Gasteiger partial charge in [-0.3, -0.25) is 0 Å². The van der Waals surface area contributed by atoms with Gasteiger partial charge in [-0.05, 0) is 46.8 Å². The molecule has 1 aliphatic rings. The molecule has 1 saturated carbocycles. The minimum absolute atomic E-state index is 0.291. The van der Waals surface area contributed by atoms with Crippen LogP contribution >= 0.6 is 15.9 Å². The Kier molecular flexibility index (Phi) is 3.41. The topological polar surface area (TPSA) is 42.7 Å². The highest BCUT2D eigenvalue weighted by atomic mass is 79.9. The molecule has 0 amide bonds. The molecule has 1 aromatic heterocycles. The van der Waals surface area contributed by atoms with Gasteiger partial charge in [-0.15, -0.1) is 5.10 Å². The van der Waals surface area contributed by atoms with Crippen LogP contribution in [0.15, 0.2) is 34.9 Å². The van der Waals surface area contributed by atoms with E-state index in [0.717, 1.165) is 10.3 Å². The smallest absolute Gasteiger partial charge is 0.153 e. The van der Waals surface area contributed by atoms with Gasteiger partial charge in [0.2, 0.25) is 0 Å².